The molecule has 3 heteroatoms. The molecule has 74 valence electrons. The summed E-state index contributed by atoms with van der Waals surface area (Å²) >= 11 is 1.86. The van der Waals surface area contributed by atoms with Crippen LogP contribution in [0.2, 0.25) is 0 Å². The molecule has 0 aromatic carbocycles. The zero-order valence-electron chi connectivity index (χ0n) is 7.72. The number of carboxylic acid groups (broad SMARTS) is 1. The quantitative estimate of drug-likeness (QED) is 0.717. The van der Waals surface area contributed by atoms with E-state index < -0.39 is 5.97 Å². The van der Waals surface area contributed by atoms with E-state index in [2.05, 4.69) is 18.2 Å². The summed E-state index contributed by atoms with van der Waals surface area (Å²) in [5, 5.41) is 9.03. The second-order valence-corrected chi connectivity index (χ2v) is 5.35. The van der Waals surface area contributed by atoms with Gasteiger partial charge >= 0.3 is 5.97 Å². The highest BCUT2D eigenvalue weighted by Gasteiger charge is 2.60. The highest BCUT2D eigenvalue weighted by molar-refractivity contribution is 8.03. The molecule has 1 heterocycles. The van der Waals surface area contributed by atoms with Crippen LogP contribution in [0, 0.1) is 23.7 Å². The van der Waals surface area contributed by atoms with Crippen LogP contribution < -0.4 is 0 Å². The number of hydrogen-bond donors (Lipinski definition) is 1. The van der Waals surface area contributed by atoms with Crippen LogP contribution in [0.25, 0.3) is 0 Å². The van der Waals surface area contributed by atoms with E-state index in [1.807, 2.05) is 11.8 Å². The van der Waals surface area contributed by atoms with E-state index in [0.29, 0.717) is 17.8 Å². The van der Waals surface area contributed by atoms with Crippen LogP contribution in [0.15, 0.2) is 23.1 Å². The van der Waals surface area contributed by atoms with E-state index in [0.717, 1.165) is 12.2 Å². The fourth-order valence-electron chi connectivity index (χ4n) is 2.83. The number of hydrogen-bond acceptors (Lipinski definition) is 2. The van der Waals surface area contributed by atoms with Crippen molar-refractivity contribution in [3.8, 4) is 0 Å². The SMILES string of the molecule is O=C(O)C1C2CSC3=CC=CCC3C21. The highest BCUT2D eigenvalue weighted by Crippen LogP contribution is 2.61. The van der Waals surface area contributed by atoms with Gasteiger partial charge in [0.25, 0.3) is 0 Å². The lowest BCUT2D eigenvalue weighted by atomic mass is 9.93. The second-order valence-electron chi connectivity index (χ2n) is 4.26. The Kier molecular flexibility index (Phi) is 1.78. The Hall–Kier alpha value is -0.700. The van der Waals surface area contributed by atoms with E-state index >= 15 is 0 Å². The Labute approximate surface area is 87.1 Å². The van der Waals surface area contributed by atoms with E-state index in [9.17, 15) is 4.79 Å². The van der Waals surface area contributed by atoms with Gasteiger partial charge in [-0.05, 0) is 29.1 Å². The summed E-state index contributed by atoms with van der Waals surface area (Å²) in [6.45, 7) is 0. The van der Waals surface area contributed by atoms with Crippen LogP contribution in [0.3, 0.4) is 0 Å². The van der Waals surface area contributed by atoms with Crippen LogP contribution in [0.5, 0.6) is 0 Å². The van der Waals surface area contributed by atoms with Crippen LogP contribution >= 0.6 is 11.8 Å². The molecule has 14 heavy (non-hydrogen) atoms. The van der Waals surface area contributed by atoms with Crippen molar-refractivity contribution in [2.24, 2.45) is 23.7 Å². The van der Waals surface area contributed by atoms with Gasteiger partial charge in [0.15, 0.2) is 0 Å². The number of carboxylic acids is 1. The summed E-state index contributed by atoms with van der Waals surface area (Å²) < 4.78 is 0. The Morgan fingerprint density at radius 3 is 3.21 bits per heavy atom. The van der Waals surface area contributed by atoms with Crippen molar-refractivity contribution >= 4 is 17.7 Å². The first-order valence-electron chi connectivity index (χ1n) is 5.01. The summed E-state index contributed by atoms with van der Waals surface area (Å²) in [6.07, 6.45) is 7.46. The molecular formula is C11H12O2S. The molecule has 0 spiro atoms. The van der Waals surface area contributed by atoms with Gasteiger partial charge in [0.2, 0.25) is 0 Å². The van der Waals surface area contributed by atoms with Gasteiger partial charge in [-0.15, -0.1) is 11.8 Å². The van der Waals surface area contributed by atoms with Gasteiger partial charge in [-0.25, -0.2) is 0 Å². The van der Waals surface area contributed by atoms with Gasteiger partial charge in [-0.2, -0.15) is 0 Å². The number of allylic oxidation sites excluding steroid dienone is 4. The highest BCUT2D eigenvalue weighted by atomic mass is 32.2. The molecular weight excluding hydrogens is 196 g/mol. The number of aliphatic carboxylic acids is 1. The standard InChI is InChI=1S/C11H12O2S/c12-11(13)10-7-5-14-8-4-2-1-3-6(8)9(7)10/h1-2,4,6-7,9-10H,3,5H2,(H,12,13). The van der Waals surface area contributed by atoms with Crippen LogP contribution in [0.1, 0.15) is 6.42 Å². The zero-order chi connectivity index (χ0) is 9.71. The molecule has 2 nitrogen and oxygen atoms in total. The van der Waals surface area contributed by atoms with Gasteiger partial charge in [0.05, 0.1) is 5.92 Å². The molecule has 0 amide bonds. The molecule has 2 fully saturated rings. The largest absolute Gasteiger partial charge is 0.481 e. The van der Waals surface area contributed by atoms with E-state index in [1.54, 1.807) is 0 Å². The van der Waals surface area contributed by atoms with Crippen molar-refractivity contribution in [3.63, 3.8) is 0 Å². The van der Waals surface area contributed by atoms with Crippen LogP contribution in [-0.4, -0.2) is 16.8 Å². The van der Waals surface area contributed by atoms with Gasteiger partial charge in [-0.3, -0.25) is 4.79 Å². The van der Waals surface area contributed by atoms with E-state index in [4.69, 9.17) is 5.11 Å². The van der Waals surface area contributed by atoms with E-state index in [-0.39, 0.29) is 5.92 Å². The molecule has 1 saturated heterocycles. The topological polar surface area (TPSA) is 37.3 Å². The molecule has 2 aliphatic carbocycles. The summed E-state index contributed by atoms with van der Waals surface area (Å²) in [5.74, 6) is 1.78. The fourth-order valence-corrected chi connectivity index (χ4v) is 4.29. The molecule has 1 saturated carbocycles. The third-order valence-electron chi connectivity index (χ3n) is 3.57. The Balaban J connectivity index is 1.85. The molecule has 4 atom stereocenters. The maximum Gasteiger partial charge on any atom is 0.307 e. The minimum atomic E-state index is -0.587. The average molecular weight is 208 g/mol. The van der Waals surface area contributed by atoms with Gasteiger partial charge in [0, 0.05) is 5.75 Å². The number of fused-ring (bicyclic) bond motifs is 3. The Morgan fingerprint density at radius 1 is 1.57 bits per heavy atom. The average Bonchev–Trinajstić information content (AvgIpc) is 2.92. The molecule has 3 rings (SSSR count). The lowest BCUT2D eigenvalue weighted by molar-refractivity contribution is -0.139. The van der Waals surface area contributed by atoms with Crippen molar-refractivity contribution in [1.82, 2.24) is 0 Å². The van der Waals surface area contributed by atoms with Crippen molar-refractivity contribution in [2.45, 2.75) is 6.42 Å². The molecule has 0 radical (unpaired) electrons. The molecule has 1 N–H and O–H groups in total. The Morgan fingerprint density at radius 2 is 2.43 bits per heavy atom. The lowest BCUT2D eigenvalue weighted by Gasteiger charge is -2.24. The maximum absolute atomic E-state index is 11.0. The van der Waals surface area contributed by atoms with Crippen LogP contribution in [-0.2, 0) is 4.79 Å². The van der Waals surface area contributed by atoms with Crippen LogP contribution in [0.4, 0.5) is 0 Å². The van der Waals surface area contributed by atoms with Gasteiger partial charge in [0.1, 0.15) is 0 Å². The lowest BCUT2D eigenvalue weighted by Crippen LogP contribution is -2.13. The molecule has 3 aliphatic rings. The van der Waals surface area contributed by atoms with Gasteiger partial charge in [-0.1, -0.05) is 18.2 Å². The summed E-state index contributed by atoms with van der Waals surface area (Å²) in [7, 11) is 0. The Bertz CT molecular complexity index is 345. The second kappa shape index (κ2) is 2.89. The summed E-state index contributed by atoms with van der Waals surface area (Å²) in [4.78, 5) is 12.4. The fraction of sp³-hybridized carbons (Fsp3) is 0.545. The third kappa shape index (κ3) is 1.08. The zero-order valence-corrected chi connectivity index (χ0v) is 8.54. The third-order valence-corrected chi connectivity index (χ3v) is 4.90. The minimum absolute atomic E-state index is 0.0510. The minimum Gasteiger partial charge on any atom is -0.481 e. The molecule has 4 unspecified atom stereocenters. The van der Waals surface area contributed by atoms with Crippen molar-refractivity contribution in [1.29, 1.82) is 0 Å². The monoisotopic (exact) mass is 208 g/mol. The first-order chi connectivity index (χ1) is 6.79. The van der Waals surface area contributed by atoms with E-state index in [1.165, 1.54) is 4.91 Å². The number of carbonyl (C=O) groups is 1. The number of rotatable bonds is 1. The first-order valence-corrected chi connectivity index (χ1v) is 6.00. The maximum atomic E-state index is 11.0. The smallest absolute Gasteiger partial charge is 0.307 e. The predicted octanol–water partition coefficient (Wildman–Crippen LogP) is 2.14. The first kappa shape index (κ1) is 8.60. The summed E-state index contributed by atoms with van der Waals surface area (Å²) in [6, 6.07) is 0. The van der Waals surface area contributed by atoms with Crippen molar-refractivity contribution < 1.29 is 9.90 Å². The molecule has 1 aliphatic heterocycles. The molecule has 0 aromatic rings. The van der Waals surface area contributed by atoms with Crippen molar-refractivity contribution in [3.05, 3.63) is 23.1 Å². The predicted molar refractivity (Wildman–Crippen MR) is 55.9 cm³/mol. The molecule has 0 aromatic heterocycles. The number of thioether (sulfide) groups is 1. The van der Waals surface area contributed by atoms with Gasteiger partial charge < -0.3 is 5.11 Å². The molecule has 0 bridgehead atoms. The van der Waals surface area contributed by atoms with Crippen molar-refractivity contribution in [2.75, 3.05) is 5.75 Å². The summed E-state index contributed by atoms with van der Waals surface area (Å²) in [5.41, 5.74) is 0. The normalized spacial score (nSPS) is 43.6.